The molecule has 1 aromatic heterocycles. The molecule has 2 atom stereocenters. The molecule has 100 valence electrons. The van der Waals surface area contributed by atoms with Crippen LogP contribution < -0.4 is 5.32 Å². The summed E-state index contributed by atoms with van der Waals surface area (Å²) in [5.74, 6) is 0.757. The van der Waals surface area contributed by atoms with Gasteiger partial charge in [-0.3, -0.25) is 0 Å². The Labute approximate surface area is 115 Å². The van der Waals surface area contributed by atoms with E-state index >= 15 is 0 Å². The molecule has 0 saturated carbocycles. The van der Waals surface area contributed by atoms with Crippen LogP contribution in [0.15, 0.2) is 4.60 Å². The van der Waals surface area contributed by atoms with Crippen molar-refractivity contribution in [1.82, 2.24) is 9.97 Å². The fraction of sp³-hybridized carbons (Fsp3) is 0.667. The lowest BCUT2D eigenvalue weighted by Gasteiger charge is -2.18. The average Bonchev–Trinajstić information content (AvgIpc) is 2.76. The van der Waals surface area contributed by atoms with Crippen LogP contribution in [0.2, 0.25) is 0 Å². The van der Waals surface area contributed by atoms with Gasteiger partial charge in [-0.25, -0.2) is 9.97 Å². The van der Waals surface area contributed by atoms with E-state index in [1.165, 1.54) is 0 Å². The Hall–Kier alpha value is -0.720. The van der Waals surface area contributed by atoms with Gasteiger partial charge in [-0.2, -0.15) is 0 Å². The summed E-state index contributed by atoms with van der Waals surface area (Å²) in [4.78, 5) is 9.07. The molecule has 2 rings (SSSR count). The second kappa shape index (κ2) is 5.95. The summed E-state index contributed by atoms with van der Waals surface area (Å²) >= 11 is 3.43. The summed E-state index contributed by atoms with van der Waals surface area (Å²) < 4.78 is 6.03. The number of hydrogen-bond donors (Lipinski definition) is 2. The van der Waals surface area contributed by atoms with Crippen molar-refractivity contribution < 1.29 is 9.84 Å². The van der Waals surface area contributed by atoms with Crippen LogP contribution in [0.3, 0.4) is 0 Å². The molecule has 1 fully saturated rings. The average molecular weight is 316 g/mol. The molecule has 0 amide bonds. The molecule has 6 heteroatoms. The van der Waals surface area contributed by atoms with E-state index in [1.54, 1.807) is 0 Å². The van der Waals surface area contributed by atoms with E-state index in [-0.39, 0.29) is 6.04 Å². The molecule has 1 aliphatic heterocycles. The molecule has 5 nitrogen and oxygen atoms in total. The molecule has 0 spiro atoms. The van der Waals surface area contributed by atoms with Crippen molar-refractivity contribution in [3.63, 3.8) is 0 Å². The first kappa shape index (κ1) is 13.7. The number of nitrogens with one attached hydrogen (secondary N) is 1. The molecule has 0 unspecified atom stereocenters. The number of aryl methyl sites for hydroxylation is 2. The third-order valence-electron chi connectivity index (χ3n) is 3.03. The molecule has 2 N–H and O–H groups in total. The van der Waals surface area contributed by atoms with Crippen molar-refractivity contribution in [3.05, 3.63) is 16.0 Å². The Morgan fingerprint density at radius 3 is 2.56 bits per heavy atom. The van der Waals surface area contributed by atoms with E-state index in [2.05, 4.69) is 31.2 Å². The lowest BCUT2D eigenvalue weighted by Crippen LogP contribution is -2.33. The Morgan fingerprint density at radius 2 is 2.00 bits per heavy atom. The number of anilines is 1. The third-order valence-corrected chi connectivity index (χ3v) is 3.67. The van der Waals surface area contributed by atoms with Crippen LogP contribution >= 0.6 is 15.9 Å². The summed E-state index contributed by atoms with van der Waals surface area (Å²) in [6.07, 6.45) is 1.13. The van der Waals surface area contributed by atoms with Gasteiger partial charge in [-0.05, 0) is 28.8 Å². The normalized spacial score (nSPS) is 23.3. The van der Waals surface area contributed by atoms with Crippen LogP contribution in [0, 0.1) is 0 Å². The van der Waals surface area contributed by atoms with Gasteiger partial charge in [0.1, 0.15) is 10.4 Å². The van der Waals surface area contributed by atoms with E-state index in [9.17, 15) is 5.11 Å². The molecule has 0 bridgehead atoms. The van der Waals surface area contributed by atoms with Crippen LogP contribution in [0.5, 0.6) is 0 Å². The quantitative estimate of drug-likeness (QED) is 0.882. The van der Waals surface area contributed by atoms with Gasteiger partial charge >= 0.3 is 0 Å². The zero-order valence-electron chi connectivity index (χ0n) is 10.6. The molecule has 2 heterocycles. The van der Waals surface area contributed by atoms with E-state index in [1.807, 2.05) is 13.8 Å². The van der Waals surface area contributed by atoms with Crippen molar-refractivity contribution in [3.8, 4) is 0 Å². The second-order valence-corrected chi connectivity index (χ2v) is 5.07. The highest BCUT2D eigenvalue weighted by molar-refractivity contribution is 9.10. The predicted molar refractivity (Wildman–Crippen MR) is 72.7 cm³/mol. The minimum Gasteiger partial charge on any atom is -0.388 e. The van der Waals surface area contributed by atoms with E-state index in [4.69, 9.17) is 4.74 Å². The molecular formula is C12H18BrN3O2. The van der Waals surface area contributed by atoms with Crippen LogP contribution in [0.1, 0.15) is 25.2 Å². The van der Waals surface area contributed by atoms with Gasteiger partial charge in [-0.15, -0.1) is 0 Å². The fourth-order valence-corrected chi connectivity index (χ4v) is 2.51. The largest absolute Gasteiger partial charge is 0.388 e. The molecule has 1 aliphatic rings. The maximum Gasteiger partial charge on any atom is 0.148 e. The first-order valence-electron chi connectivity index (χ1n) is 6.23. The number of aliphatic hydroxyl groups excluding tert-OH is 1. The Morgan fingerprint density at radius 1 is 1.28 bits per heavy atom. The number of halogens is 1. The van der Waals surface area contributed by atoms with E-state index in [0.717, 1.165) is 34.7 Å². The Kier molecular flexibility index (Phi) is 4.53. The summed E-state index contributed by atoms with van der Waals surface area (Å²) in [5.41, 5.74) is 1.82. The van der Waals surface area contributed by atoms with Gasteiger partial charge in [0.15, 0.2) is 0 Å². The Bertz CT molecular complexity index is 428. The maximum atomic E-state index is 9.75. The van der Waals surface area contributed by atoms with Crippen LogP contribution in [-0.4, -0.2) is 40.4 Å². The van der Waals surface area contributed by atoms with Crippen molar-refractivity contribution in [2.45, 2.75) is 38.8 Å². The number of aromatic nitrogens is 2. The second-order valence-electron chi connectivity index (χ2n) is 4.32. The number of hydrogen-bond acceptors (Lipinski definition) is 5. The van der Waals surface area contributed by atoms with Crippen LogP contribution in [-0.2, 0) is 17.6 Å². The standard InChI is InChI=1S/C12H18BrN3O2/c1-3-7-11(13)14-8(4-2)12(15-7)16-9-5-18-6-10(9)17/h9-10,17H,3-6H2,1-2H3,(H,15,16)/t9-,10+/m0/s1. The van der Waals surface area contributed by atoms with Crippen molar-refractivity contribution in [2.75, 3.05) is 18.5 Å². The molecule has 0 radical (unpaired) electrons. The lowest BCUT2D eigenvalue weighted by molar-refractivity contribution is 0.125. The summed E-state index contributed by atoms with van der Waals surface area (Å²) in [5, 5.41) is 13.0. The summed E-state index contributed by atoms with van der Waals surface area (Å²) in [6, 6.07) is -0.101. The van der Waals surface area contributed by atoms with Gasteiger partial charge < -0.3 is 15.2 Å². The van der Waals surface area contributed by atoms with Crippen molar-refractivity contribution in [1.29, 1.82) is 0 Å². The van der Waals surface area contributed by atoms with Crippen LogP contribution in [0.25, 0.3) is 0 Å². The smallest absolute Gasteiger partial charge is 0.148 e. The number of rotatable bonds is 4. The van der Waals surface area contributed by atoms with Crippen LogP contribution in [0.4, 0.5) is 5.82 Å². The highest BCUT2D eigenvalue weighted by Crippen LogP contribution is 2.21. The SMILES string of the molecule is CCc1nc(N[C@H]2COC[C@H]2O)c(CC)nc1Br. The highest BCUT2D eigenvalue weighted by atomic mass is 79.9. The third kappa shape index (κ3) is 2.81. The van der Waals surface area contributed by atoms with Crippen molar-refractivity contribution >= 4 is 21.7 Å². The van der Waals surface area contributed by atoms with Crippen molar-refractivity contribution in [2.24, 2.45) is 0 Å². The monoisotopic (exact) mass is 315 g/mol. The first-order chi connectivity index (χ1) is 8.65. The molecule has 1 aromatic rings. The van der Waals surface area contributed by atoms with E-state index < -0.39 is 6.10 Å². The lowest BCUT2D eigenvalue weighted by atomic mass is 10.2. The van der Waals surface area contributed by atoms with Gasteiger partial charge in [-0.1, -0.05) is 13.8 Å². The Balaban J connectivity index is 2.24. The zero-order chi connectivity index (χ0) is 13.1. The van der Waals surface area contributed by atoms with Gasteiger partial charge in [0, 0.05) is 0 Å². The van der Waals surface area contributed by atoms with Gasteiger partial charge in [0.2, 0.25) is 0 Å². The first-order valence-corrected chi connectivity index (χ1v) is 7.02. The van der Waals surface area contributed by atoms with Gasteiger partial charge in [0.25, 0.3) is 0 Å². The van der Waals surface area contributed by atoms with E-state index in [0.29, 0.717) is 13.2 Å². The number of aliphatic hydroxyl groups is 1. The summed E-state index contributed by atoms with van der Waals surface area (Å²) in [6.45, 7) is 4.96. The minimum absolute atomic E-state index is 0.101. The molecule has 1 saturated heterocycles. The molecular weight excluding hydrogens is 298 g/mol. The molecule has 18 heavy (non-hydrogen) atoms. The topological polar surface area (TPSA) is 67.3 Å². The molecule has 0 aromatic carbocycles. The number of nitrogens with zero attached hydrogens (tertiary/aromatic N) is 2. The zero-order valence-corrected chi connectivity index (χ0v) is 12.2. The number of ether oxygens (including phenoxy) is 1. The highest BCUT2D eigenvalue weighted by Gasteiger charge is 2.27. The summed E-state index contributed by atoms with van der Waals surface area (Å²) in [7, 11) is 0. The van der Waals surface area contributed by atoms with Gasteiger partial charge in [0.05, 0.1) is 36.7 Å². The molecule has 0 aliphatic carbocycles. The fourth-order valence-electron chi connectivity index (χ4n) is 1.93. The minimum atomic E-state index is -0.481. The predicted octanol–water partition coefficient (Wildman–Crippen LogP) is 1.54. The maximum absolute atomic E-state index is 9.75.